The largest absolute Gasteiger partial charge is 0.345 e. The molecule has 7 heteroatoms. The Labute approximate surface area is 143 Å². The number of halogens is 1. The van der Waals surface area contributed by atoms with Gasteiger partial charge in [-0.1, -0.05) is 17.7 Å². The quantitative estimate of drug-likeness (QED) is 0.746. The Bertz CT molecular complexity index is 807. The molecule has 3 rings (SSSR count). The topological polar surface area (TPSA) is 79.8 Å². The van der Waals surface area contributed by atoms with Crippen LogP contribution in [0.5, 0.6) is 0 Å². The Morgan fingerprint density at radius 2 is 1.83 bits per heavy atom. The van der Waals surface area contributed by atoms with Crippen molar-refractivity contribution in [2.24, 2.45) is 0 Å². The molecule has 0 radical (unpaired) electrons. The first-order chi connectivity index (χ1) is 11.7. The summed E-state index contributed by atoms with van der Waals surface area (Å²) in [6, 6.07) is 16.0. The van der Waals surface area contributed by atoms with Crippen molar-refractivity contribution in [1.29, 1.82) is 0 Å². The molecule has 24 heavy (non-hydrogen) atoms. The second-order valence-electron chi connectivity index (χ2n) is 4.94. The molecule has 2 aromatic heterocycles. The zero-order valence-electron chi connectivity index (χ0n) is 12.6. The van der Waals surface area contributed by atoms with Crippen LogP contribution in [-0.2, 0) is 6.54 Å². The van der Waals surface area contributed by atoms with E-state index in [4.69, 9.17) is 11.6 Å². The SMILES string of the molecule is O=C(NCc1ccccn1)c1ccc(Nc2ccc(Cl)cc2)nn1. The van der Waals surface area contributed by atoms with Crippen molar-refractivity contribution in [2.45, 2.75) is 6.54 Å². The highest BCUT2D eigenvalue weighted by Crippen LogP contribution is 2.17. The number of amides is 1. The van der Waals surface area contributed by atoms with Gasteiger partial charge in [-0.2, -0.15) is 0 Å². The maximum Gasteiger partial charge on any atom is 0.272 e. The number of aromatic nitrogens is 3. The number of nitrogens with one attached hydrogen (secondary N) is 2. The molecule has 1 amide bonds. The van der Waals surface area contributed by atoms with Crippen LogP contribution in [0.25, 0.3) is 0 Å². The highest BCUT2D eigenvalue weighted by Gasteiger charge is 2.08. The third kappa shape index (κ3) is 4.27. The fraction of sp³-hybridized carbons (Fsp3) is 0.0588. The van der Waals surface area contributed by atoms with E-state index in [0.29, 0.717) is 17.4 Å². The number of hydrogen-bond acceptors (Lipinski definition) is 5. The van der Waals surface area contributed by atoms with Crippen LogP contribution in [0.2, 0.25) is 5.02 Å². The summed E-state index contributed by atoms with van der Waals surface area (Å²) in [6.45, 7) is 0.339. The van der Waals surface area contributed by atoms with E-state index >= 15 is 0 Å². The summed E-state index contributed by atoms with van der Waals surface area (Å²) in [5, 5.41) is 14.4. The molecule has 0 bridgehead atoms. The lowest BCUT2D eigenvalue weighted by atomic mass is 10.3. The lowest BCUT2D eigenvalue weighted by Gasteiger charge is -2.06. The van der Waals surface area contributed by atoms with Gasteiger partial charge in [0.05, 0.1) is 12.2 Å². The van der Waals surface area contributed by atoms with E-state index in [9.17, 15) is 4.79 Å². The second-order valence-corrected chi connectivity index (χ2v) is 5.38. The van der Waals surface area contributed by atoms with E-state index in [1.807, 2.05) is 30.3 Å². The molecule has 0 unspecified atom stereocenters. The van der Waals surface area contributed by atoms with E-state index < -0.39 is 0 Å². The molecule has 0 fully saturated rings. The van der Waals surface area contributed by atoms with E-state index in [0.717, 1.165) is 11.4 Å². The van der Waals surface area contributed by atoms with Crippen molar-refractivity contribution < 1.29 is 4.79 Å². The molecule has 120 valence electrons. The highest BCUT2D eigenvalue weighted by molar-refractivity contribution is 6.30. The summed E-state index contributed by atoms with van der Waals surface area (Å²) >= 11 is 5.84. The lowest BCUT2D eigenvalue weighted by molar-refractivity contribution is 0.0944. The van der Waals surface area contributed by atoms with Crippen molar-refractivity contribution >= 4 is 29.0 Å². The standard InChI is InChI=1S/C17H14ClN5O/c18-12-4-6-13(7-5-12)21-16-9-8-15(22-23-16)17(24)20-11-14-3-1-2-10-19-14/h1-10H,11H2,(H,20,24)(H,21,23). The Kier molecular flexibility index (Phi) is 4.98. The highest BCUT2D eigenvalue weighted by atomic mass is 35.5. The summed E-state index contributed by atoms with van der Waals surface area (Å²) < 4.78 is 0. The first-order valence-corrected chi connectivity index (χ1v) is 7.63. The Morgan fingerprint density at radius 3 is 2.50 bits per heavy atom. The average Bonchev–Trinajstić information content (AvgIpc) is 2.63. The Hall–Kier alpha value is -2.99. The number of carbonyl (C=O) groups is 1. The first-order valence-electron chi connectivity index (χ1n) is 7.25. The van der Waals surface area contributed by atoms with Gasteiger partial charge in [0.2, 0.25) is 0 Å². The monoisotopic (exact) mass is 339 g/mol. The van der Waals surface area contributed by atoms with Crippen LogP contribution in [0.15, 0.2) is 60.8 Å². The molecule has 0 saturated carbocycles. The summed E-state index contributed by atoms with van der Waals surface area (Å²) in [7, 11) is 0. The van der Waals surface area contributed by atoms with Gasteiger partial charge in [0.25, 0.3) is 5.91 Å². The molecule has 0 saturated heterocycles. The van der Waals surface area contributed by atoms with Gasteiger partial charge < -0.3 is 10.6 Å². The van der Waals surface area contributed by atoms with Crippen LogP contribution in [0.3, 0.4) is 0 Å². The van der Waals surface area contributed by atoms with Gasteiger partial charge in [0.15, 0.2) is 11.5 Å². The number of hydrogen-bond donors (Lipinski definition) is 2. The van der Waals surface area contributed by atoms with E-state index in [2.05, 4.69) is 25.8 Å². The summed E-state index contributed by atoms with van der Waals surface area (Å²) in [5.41, 5.74) is 1.86. The van der Waals surface area contributed by atoms with Crippen molar-refractivity contribution in [2.75, 3.05) is 5.32 Å². The third-order valence-electron chi connectivity index (χ3n) is 3.17. The number of carbonyl (C=O) groups excluding carboxylic acids is 1. The average molecular weight is 340 g/mol. The van der Waals surface area contributed by atoms with Gasteiger partial charge in [0.1, 0.15) is 0 Å². The molecule has 0 spiro atoms. The Morgan fingerprint density at radius 1 is 1.00 bits per heavy atom. The first kappa shape index (κ1) is 15.9. The van der Waals surface area contributed by atoms with Crippen LogP contribution in [0.4, 0.5) is 11.5 Å². The van der Waals surface area contributed by atoms with Crippen LogP contribution >= 0.6 is 11.6 Å². The van der Waals surface area contributed by atoms with E-state index in [-0.39, 0.29) is 11.6 Å². The van der Waals surface area contributed by atoms with Gasteiger partial charge in [0, 0.05) is 16.9 Å². The number of benzene rings is 1. The molecule has 1 aromatic carbocycles. The maximum absolute atomic E-state index is 12.0. The van der Waals surface area contributed by atoms with E-state index in [1.165, 1.54) is 0 Å². The van der Waals surface area contributed by atoms with Gasteiger partial charge >= 0.3 is 0 Å². The van der Waals surface area contributed by atoms with Gasteiger partial charge in [-0.25, -0.2) is 0 Å². The maximum atomic E-state index is 12.0. The fourth-order valence-electron chi connectivity index (χ4n) is 1.97. The molecule has 3 aromatic rings. The number of anilines is 2. The predicted molar refractivity (Wildman–Crippen MR) is 92.2 cm³/mol. The summed E-state index contributed by atoms with van der Waals surface area (Å²) in [5.74, 6) is 0.241. The minimum Gasteiger partial charge on any atom is -0.345 e. The second kappa shape index (κ2) is 7.52. The van der Waals surface area contributed by atoms with Gasteiger partial charge in [-0.05, 0) is 48.5 Å². The van der Waals surface area contributed by atoms with Gasteiger partial charge in [-0.15, -0.1) is 10.2 Å². The minimum absolute atomic E-state index is 0.243. The molecular formula is C17H14ClN5O. The van der Waals surface area contributed by atoms with Crippen molar-refractivity contribution in [3.8, 4) is 0 Å². The smallest absolute Gasteiger partial charge is 0.272 e. The number of nitrogens with zero attached hydrogens (tertiary/aromatic N) is 3. The normalized spacial score (nSPS) is 10.2. The van der Waals surface area contributed by atoms with Crippen LogP contribution in [-0.4, -0.2) is 21.1 Å². The summed E-state index contributed by atoms with van der Waals surface area (Å²) in [4.78, 5) is 16.2. The van der Waals surface area contributed by atoms with Crippen molar-refractivity contribution in [3.63, 3.8) is 0 Å². The fourth-order valence-corrected chi connectivity index (χ4v) is 2.09. The predicted octanol–water partition coefficient (Wildman–Crippen LogP) is 3.20. The third-order valence-corrected chi connectivity index (χ3v) is 3.42. The minimum atomic E-state index is -0.300. The van der Waals surface area contributed by atoms with Crippen LogP contribution in [0.1, 0.15) is 16.2 Å². The van der Waals surface area contributed by atoms with Crippen molar-refractivity contribution in [1.82, 2.24) is 20.5 Å². The molecule has 6 nitrogen and oxygen atoms in total. The van der Waals surface area contributed by atoms with Crippen molar-refractivity contribution in [3.05, 3.63) is 77.2 Å². The molecule has 0 aliphatic heterocycles. The van der Waals surface area contributed by atoms with Crippen LogP contribution < -0.4 is 10.6 Å². The molecule has 0 aliphatic rings. The molecular weight excluding hydrogens is 326 g/mol. The zero-order chi connectivity index (χ0) is 16.8. The molecule has 2 heterocycles. The van der Waals surface area contributed by atoms with Gasteiger partial charge in [-0.3, -0.25) is 9.78 Å². The van der Waals surface area contributed by atoms with E-state index in [1.54, 1.807) is 30.5 Å². The number of pyridine rings is 1. The molecule has 0 aliphatic carbocycles. The molecule has 0 atom stereocenters. The Balaban J connectivity index is 1.59. The lowest BCUT2D eigenvalue weighted by Crippen LogP contribution is -2.24. The molecule has 2 N–H and O–H groups in total. The van der Waals surface area contributed by atoms with Crippen LogP contribution in [0, 0.1) is 0 Å². The number of rotatable bonds is 5. The zero-order valence-corrected chi connectivity index (χ0v) is 13.4. The summed E-state index contributed by atoms with van der Waals surface area (Å²) in [6.07, 6.45) is 1.68.